The van der Waals surface area contributed by atoms with Gasteiger partial charge in [-0.25, -0.2) is 8.42 Å². The number of para-hydroxylation sites is 1. The monoisotopic (exact) mass is 625 g/mol. The third kappa shape index (κ3) is 8.82. The molecule has 4 aromatic rings. The molecule has 0 aliphatic carbocycles. The summed E-state index contributed by atoms with van der Waals surface area (Å²) in [6, 6.07) is 31.9. The molecular weight excluding hydrogens is 582 g/mol. The van der Waals surface area contributed by atoms with Gasteiger partial charge in [0.15, 0.2) is 0 Å². The number of aryl methyl sites for hydroxylation is 2. The second-order valence-electron chi connectivity index (χ2n) is 11.2. The lowest BCUT2D eigenvalue weighted by Gasteiger charge is -2.34. The van der Waals surface area contributed by atoms with Crippen molar-refractivity contribution in [1.82, 2.24) is 10.2 Å². The Kier molecular flexibility index (Phi) is 11.9. The molecule has 0 spiro atoms. The molecule has 1 N–H and O–H groups in total. The van der Waals surface area contributed by atoms with Crippen LogP contribution in [-0.4, -0.2) is 44.3 Å². The van der Waals surface area contributed by atoms with E-state index in [1.54, 1.807) is 35.2 Å². The number of nitrogens with zero attached hydrogens (tertiary/aromatic N) is 2. The van der Waals surface area contributed by atoms with Gasteiger partial charge >= 0.3 is 0 Å². The number of rotatable bonds is 15. The average molecular weight is 626 g/mol. The number of benzene rings is 4. The average Bonchev–Trinajstić information content (AvgIpc) is 3.06. The SMILES string of the molecule is CCCCNC(=O)[C@@H](Cc1ccccc1)N(Cc1ccc(C)cc1)C(=O)CN(c1ccccc1CC)S(=O)(=O)c1ccccc1. The van der Waals surface area contributed by atoms with E-state index in [1.807, 2.05) is 80.6 Å². The van der Waals surface area contributed by atoms with Crippen LogP contribution in [0.5, 0.6) is 0 Å². The summed E-state index contributed by atoms with van der Waals surface area (Å²) < 4.78 is 29.6. The van der Waals surface area contributed by atoms with Crippen LogP contribution in [0.25, 0.3) is 0 Å². The number of amides is 2. The van der Waals surface area contributed by atoms with Crippen molar-refractivity contribution in [2.75, 3.05) is 17.4 Å². The quantitative estimate of drug-likeness (QED) is 0.157. The van der Waals surface area contributed by atoms with Crippen LogP contribution >= 0.6 is 0 Å². The van der Waals surface area contributed by atoms with E-state index in [-0.39, 0.29) is 23.8 Å². The van der Waals surface area contributed by atoms with Gasteiger partial charge in [0.2, 0.25) is 11.8 Å². The van der Waals surface area contributed by atoms with Crippen molar-refractivity contribution in [3.05, 3.63) is 131 Å². The van der Waals surface area contributed by atoms with Crippen LogP contribution in [0.3, 0.4) is 0 Å². The molecule has 0 radical (unpaired) electrons. The third-order valence-electron chi connectivity index (χ3n) is 7.83. The van der Waals surface area contributed by atoms with Crippen molar-refractivity contribution in [2.24, 2.45) is 0 Å². The fraction of sp³-hybridized carbons (Fsp3) is 0.297. The van der Waals surface area contributed by atoms with Gasteiger partial charge in [-0.1, -0.05) is 117 Å². The molecule has 7 nitrogen and oxygen atoms in total. The Balaban J connectivity index is 1.80. The van der Waals surface area contributed by atoms with Crippen molar-refractivity contribution >= 4 is 27.5 Å². The molecule has 4 aromatic carbocycles. The van der Waals surface area contributed by atoms with Crippen molar-refractivity contribution in [2.45, 2.75) is 63.9 Å². The largest absolute Gasteiger partial charge is 0.354 e. The van der Waals surface area contributed by atoms with Crippen LogP contribution in [-0.2, 0) is 39.0 Å². The number of hydrogen-bond acceptors (Lipinski definition) is 4. The maximum absolute atomic E-state index is 14.6. The molecule has 8 heteroatoms. The van der Waals surface area contributed by atoms with Gasteiger partial charge in [0, 0.05) is 19.5 Å². The lowest BCUT2D eigenvalue weighted by molar-refractivity contribution is -0.140. The van der Waals surface area contributed by atoms with Gasteiger partial charge in [-0.2, -0.15) is 0 Å². The molecule has 0 heterocycles. The number of nitrogens with one attached hydrogen (secondary N) is 1. The van der Waals surface area contributed by atoms with Gasteiger partial charge in [-0.15, -0.1) is 0 Å². The highest BCUT2D eigenvalue weighted by molar-refractivity contribution is 7.92. The Labute approximate surface area is 268 Å². The fourth-order valence-electron chi connectivity index (χ4n) is 5.24. The van der Waals surface area contributed by atoms with Gasteiger partial charge in [0.05, 0.1) is 10.6 Å². The minimum absolute atomic E-state index is 0.0898. The number of carbonyl (C=O) groups excluding carboxylic acids is 2. The molecule has 0 fully saturated rings. The molecule has 0 aromatic heterocycles. The normalized spacial score (nSPS) is 11.9. The Bertz CT molecular complexity index is 1640. The topological polar surface area (TPSA) is 86.8 Å². The maximum atomic E-state index is 14.6. The smallest absolute Gasteiger partial charge is 0.264 e. The predicted octanol–water partition coefficient (Wildman–Crippen LogP) is 6.31. The van der Waals surface area contributed by atoms with E-state index in [0.717, 1.165) is 35.1 Å². The minimum Gasteiger partial charge on any atom is -0.354 e. The van der Waals surface area contributed by atoms with E-state index in [4.69, 9.17) is 0 Å². The molecule has 0 aliphatic heterocycles. The first-order valence-electron chi connectivity index (χ1n) is 15.6. The van der Waals surface area contributed by atoms with E-state index < -0.39 is 28.5 Å². The molecule has 4 rings (SSSR count). The first-order chi connectivity index (χ1) is 21.7. The zero-order valence-corrected chi connectivity index (χ0v) is 27.2. The van der Waals surface area contributed by atoms with E-state index in [2.05, 4.69) is 12.2 Å². The van der Waals surface area contributed by atoms with Gasteiger partial charge in [-0.3, -0.25) is 13.9 Å². The highest BCUT2D eigenvalue weighted by Crippen LogP contribution is 2.28. The number of anilines is 1. The Morgan fingerprint density at radius 3 is 2.04 bits per heavy atom. The van der Waals surface area contributed by atoms with Gasteiger partial charge in [0.25, 0.3) is 10.0 Å². The molecule has 2 amide bonds. The van der Waals surface area contributed by atoms with Crippen molar-refractivity contribution in [3.63, 3.8) is 0 Å². The molecule has 236 valence electrons. The summed E-state index contributed by atoms with van der Waals surface area (Å²) in [5.41, 5.74) is 4.07. The van der Waals surface area contributed by atoms with Crippen molar-refractivity contribution in [3.8, 4) is 0 Å². The van der Waals surface area contributed by atoms with Gasteiger partial charge in [-0.05, 0) is 54.7 Å². The number of unbranched alkanes of at least 4 members (excludes halogenated alkanes) is 1. The molecule has 0 unspecified atom stereocenters. The Morgan fingerprint density at radius 2 is 1.40 bits per heavy atom. The zero-order valence-electron chi connectivity index (χ0n) is 26.4. The predicted molar refractivity (Wildman–Crippen MR) is 180 cm³/mol. The maximum Gasteiger partial charge on any atom is 0.264 e. The number of sulfonamides is 1. The number of carbonyl (C=O) groups is 2. The molecule has 0 bridgehead atoms. The van der Waals surface area contributed by atoms with Crippen LogP contribution < -0.4 is 9.62 Å². The summed E-state index contributed by atoms with van der Waals surface area (Å²) in [5.74, 6) is -0.730. The second kappa shape index (κ2) is 16.0. The first kappa shape index (κ1) is 33.5. The van der Waals surface area contributed by atoms with E-state index in [9.17, 15) is 18.0 Å². The lowest BCUT2D eigenvalue weighted by Crippen LogP contribution is -2.53. The third-order valence-corrected chi connectivity index (χ3v) is 9.60. The summed E-state index contributed by atoms with van der Waals surface area (Å²) in [4.78, 5) is 30.1. The van der Waals surface area contributed by atoms with Gasteiger partial charge in [0.1, 0.15) is 12.6 Å². The summed E-state index contributed by atoms with van der Waals surface area (Å²) in [7, 11) is -4.13. The molecule has 0 saturated heterocycles. The van der Waals surface area contributed by atoms with Crippen LogP contribution in [0.15, 0.2) is 114 Å². The zero-order chi connectivity index (χ0) is 32.2. The minimum atomic E-state index is -4.13. The highest BCUT2D eigenvalue weighted by atomic mass is 32.2. The van der Waals surface area contributed by atoms with E-state index in [0.29, 0.717) is 18.7 Å². The van der Waals surface area contributed by atoms with Crippen molar-refractivity contribution in [1.29, 1.82) is 0 Å². The molecular formula is C37H43N3O4S. The van der Waals surface area contributed by atoms with Crippen LogP contribution in [0.4, 0.5) is 5.69 Å². The van der Waals surface area contributed by atoms with Crippen LogP contribution in [0.2, 0.25) is 0 Å². The van der Waals surface area contributed by atoms with E-state index in [1.165, 1.54) is 16.4 Å². The molecule has 0 saturated carbocycles. The summed E-state index contributed by atoms with van der Waals surface area (Å²) in [5, 5.41) is 3.03. The van der Waals surface area contributed by atoms with Crippen molar-refractivity contribution < 1.29 is 18.0 Å². The Morgan fingerprint density at radius 1 is 0.778 bits per heavy atom. The summed E-state index contributed by atoms with van der Waals surface area (Å²) in [6.45, 7) is 6.17. The Hall–Kier alpha value is -4.43. The first-order valence-corrected chi connectivity index (χ1v) is 17.0. The molecule has 45 heavy (non-hydrogen) atoms. The van der Waals surface area contributed by atoms with Gasteiger partial charge < -0.3 is 10.2 Å². The lowest BCUT2D eigenvalue weighted by atomic mass is 10.0. The van der Waals surface area contributed by atoms with Crippen LogP contribution in [0.1, 0.15) is 48.9 Å². The van der Waals surface area contributed by atoms with E-state index >= 15 is 0 Å². The number of hydrogen-bond donors (Lipinski definition) is 1. The fourth-order valence-corrected chi connectivity index (χ4v) is 6.71. The van der Waals surface area contributed by atoms with Crippen LogP contribution in [0, 0.1) is 6.92 Å². The summed E-state index contributed by atoms with van der Waals surface area (Å²) >= 11 is 0. The second-order valence-corrected chi connectivity index (χ2v) is 13.0. The standard InChI is InChI=1S/C37H43N3O4S/c1-4-6-25-38-37(42)35(26-30-15-9-7-10-16-30)39(27-31-23-21-29(3)22-24-31)36(41)28-40(34-20-14-13-17-32(34)5-2)45(43,44)33-18-11-8-12-19-33/h7-24,35H,4-6,25-28H2,1-3H3,(H,38,42)/t35-/m1/s1. The summed E-state index contributed by atoms with van der Waals surface area (Å²) in [6.07, 6.45) is 2.59. The molecule has 0 aliphatic rings. The highest BCUT2D eigenvalue weighted by Gasteiger charge is 2.35. The molecule has 1 atom stereocenters.